The summed E-state index contributed by atoms with van der Waals surface area (Å²) < 4.78 is 5.49. The van der Waals surface area contributed by atoms with Crippen molar-refractivity contribution in [2.75, 3.05) is 38.2 Å². The van der Waals surface area contributed by atoms with Crippen molar-refractivity contribution in [3.05, 3.63) is 54.6 Å². The molecule has 1 atom stereocenters. The number of carbonyl (C=O) groups is 1. The number of aromatic nitrogens is 1. The topological polar surface area (TPSA) is 57.4 Å². The van der Waals surface area contributed by atoms with Crippen molar-refractivity contribution in [2.45, 2.75) is 19.3 Å². The van der Waals surface area contributed by atoms with E-state index in [2.05, 4.69) is 45.5 Å². The Labute approximate surface area is 177 Å². The Hall–Kier alpha value is -2.63. The number of carbonyl (C=O) groups excluding carboxylic acids is 1. The summed E-state index contributed by atoms with van der Waals surface area (Å²) in [6, 6.07) is 18.5. The van der Waals surface area contributed by atoms with Crippen LogP contribution in [-0.2, 0) is 9.53 Å². The van der Waals surface area contributed by atoms with Crippen LogP contribution in [0.2, 0.25) is 0 Å². The van der Waals surface area contributed by atoms with E-state index in [1.807, 2.05) is 24.3 Å². The number of aromatic amines is 1. The molecule has 2 aliphatic rings. The number of benzene rings is 2. The molecule has 0 radical (unpaired) electrons. The molecule has 5 nitrogen and oxygen atoms in total. The average Bonchev–Trinajstić information content (AvgIpc) is 3.44. The second-order valence-electron chi connectivity index (χ2n) is 8.64. The molecule has 156 valence electrons. The number of hydrogen-bond donors (Lipinski definition) is 2. The molecule has 0 spiro atoms. The molecule has 1 amide bonds. The van der Waals surface area contributed by atoms with Gasteiger partial charge in [-0.25, -0.2) is 0 Å². The smallest absolute Gasteiger partial charge is 0.227 e. The minimum Gasteiger partial charge on any atom is -0.381 e. The van der Waals surface area contributed by atoms with Crippen LogP contribution < -0.4 is 5.32 Å². The summed E-state index contributed by atoms with van der Waals surface area (Å²) in [7, 11) is 0. The van der Waals surface area contributed by atoms with E-state index in [-0.39, 0.29) is 11.8 Å². The monoisotopic (exact) mass is 403 g/mol. The van der Waals surface area contributed by atoms with Gasteiger partial charge in [0.2, 0.25) is 5.91 Å². The summed E-state index contributed by atoms with van der Waals surface area (Å²) in [6.07, 6.45) is 3.04. The molecular formula is C25H29N3O2. The lowest BCUT2D eigenvalue weighted by Crippen LogP contribution is -2.40. The van der Waals surface area contributed by atoms with E-state index in [4.69, 9.17) is 4.74 Å². The van der Waals surface area contributed by atoms with Gasteiger partial charge in [0.05, 0.1) is 6.61 Å². The van der Waals surface area contributed by atoms with Crippen molar-refractivity contribution >= 4 is 22.5 Å². The second-order valence-corrected chi connectivity index (χ2v) is 8.64. The number of hydrogen-bond acceptors (Lipinski definition) is 3. The molecule has 2 aliphatic heterocycles. The molecule has 2 saturated heterocycles. The molecule has 3 heterocycles. The second kappa shape index (κ2) is 8.62. The van der Waals surface area contributed by atoms with E-state index < -0.39 is 0 Å². The van der Waals surface area contributed by atoms with E-state index in [0.29, 0.717) is 5.92 Å². The van der Waals surface area contributed by atoms with Crippen molar-refractivity contribution in [3.63, 3.8) is 0 Å². The molecule has 2 fully saturated rings. The lowest BCUT2D eigenvalue weighted by molar-refractivity contribution is -0.121. The molecule has 0 aliphatic carbocycles. The molecule has 2 N–H and O–H groups in total. The van der Waals surface area contributed by atoms with Crippen molar-refractivity contribution < 1.29 is 9.53 Å². The predicted molar refractivity (Wildman–Crippen MR) is 120 cm³/mol. The first-order valence-electron chi connectivity index (χ1n) is 11.0. The number of ether oxygens (including phenoxy) is 1. The van der Waals surface area contributed by atoms with Crippen molar-refractivity contribution in [1.29, 1.82) is 0 Å². The highest BCUT2D eigenvalue weighted by Gasteiger charge is 2.27. The van der Waals surface area contributed by atoms with Crippen LogP contribution in [0.1, 0.15) is 19.3 Å². The Kier molecular flexibility index (Phi) is 5.56. The van der Waals surface area contributed by atoms with Gasteiger partial charge in [0, 0.05) is 46.9 Å². The highest BCUT2D eigenvalue weighted by molar-refractivity contribution is 5.93. The molecular weight excluding hydrogens is 374 g/mol. The third kappa shape index (κ3) is 4.27. The highest BCUT2D eigenvalue weighted by Crippen LogP contribution is 2.27. The van der Waals surface area contributed by atoms with E-state index in [1.165, 1.54) is 11.8 Å². The fourth-order valence-corrected chi connectivity index (χ4v) is 4.71. The Balaban J connectivity index is 1.20. The van der Waals surface area contributed by atoms with Crippen molar-refractivity contribution in [3.8, 4) is 11.3 Å². The first kappa shape index (κ1) is 19.3. The highest BCUT2D eigenvalue weighted by atomic mass is 16.5. The number of nitrogens with one attached hydrogen (secondary N) is 2. The molecule has 30 heavy (non-hydrogen) atoms. The quantitative estimate of drug-likeness (QED) is 0.658. The standard InChI is InChI=1S/C25H29N3O2/c29-25(19-8-11-28(12-9-19)16-18-10-13-30-17-18)26-22-6-3-5-20(14-22)24-15-21-4-1-2-7-23(21)27-24/h1-7,14-15,18-19,27H,8-13,16-17H2,(H,26,29). The molecule has 2 aromatic carbocycles. The Morgan fingerprint density at radius 3 is 2.73 bits per heavy atom. The van der Waals surface area contributed by atoms with Crippen LogP contribution in [-0.4, -0.2) is 48.6 Å². The maximum absolute atomic E-state index is 12.8. The van der Waals surface area contributed by atoms with Crippen LogP contribution in [0.15, 0.2) is 54.6 Å². The lowest BCUT2D eigenvalue weighted by atomic mass is 9.94. The predicted octanol–water partition coefficient (Wildman–Crippen LogP) is 4.52. The molecule has 1 unspecified atom stereocenters. The first-order valence-corrected chi connectivity index (χ1v) is 11.0. The van der Waals surface area contributed by atoms with Gasteiger partial charge in [0.15, 0.2) is 0 Å². The van der Waals surface area contributed by atoms with E-state index in [0.717, 1.165) is 68.2 Å². The van der Waals surface area contributed by atoms with Gasteiger partial charge in [-0.15, -0.1) is 0 Å². The summed E-state index contributed by atoms with van der Waals surface area (Å²) in [5.74, 6) is 0.910. The normalized spacial score (nSPS) is 20.6. The van der Waals surface area contributed by atoms with Gasteiger partial charge in [0.25, 0.3) is 0 Å². The van der Waals surface area contributed by atoms with Gasteiger partial charge < -0.3 is 19.9 Å². The largest absolute Gasteiger partial charge is 0.381 e. The molecule has 0 saturated carbocycles. The number of para-hydroxylation sites is 1. The zero-order chi connectivity index (χ0) is 20.3. The molecule has 5 heteroatoms. The van der Waals surface area contributed by atoms with Gasteiger partial charge in [-0.05, 0) is 62.5 Å². The minimum absolute atomic E-state index is 0.0952. The average molecular weight is 404 g/mol. The Morgan fingerprint density at radius 2 is 1.93 bits per heavy atom. The molecule has 0 bridgehead atoms. The molecule has 1 aromatic heterocycles. The van der Waals surface area contributed by atoms with Crippen LogP contribution in [0, 0.1) is 11.8 Å². The summed E-state index contributed by atoms with van der Waals surface area (Å²) in [6.45, 7) is 4.92. The maximum Gasteiger partial charge on any atom is 0.227 e. The fourth-order valence-electron chi connectivity index (χ4n) is 4.71. The van der Waals surface area contributed by atoms with Crippen LogP contribution >= 0.6 is 0 Å². The number of nitrogens with zero attached hydrogens (tertiary/aromatic N) is 1. The van der Waals surface area contributed by atoms with Crippen LogP contribution in [0.3, 0.4) is 0 Å². The summed E-state index contributed by atoms with van der Waals surface area (Å²) in [5.41, 5.74) is 4.13. The number of amides is 1. The summed E-state index contributed by atoms with van der Waals surface area (Å²) in [4.78, 5) is 18.8. The minimum atomic E-state index is 0.0952. The Bertz CT molecular complexity index is 981. The molecule has 5 rings (SSSR count). The first-order chi connectivity index (χ1) is 14.7. The van der Waals surface area contributed by atoms with Crippen LogP contribution in [0.5, 0.6) is 0 Å². The van der Waals surface area contributed by atoms with Crippen molar-refractivity contribution in [1.82, 2.24) is 9.88 Å². The summed E-state index contributed by atoms with van der Waals surface area (Å²) >= 11 is 0. The van der Waals surface area contributed by atoms with Crippen LogP contribution in [0.4, 0.5) is 5.69 Å². The number of anilines is 1. The Morgan fingerprint density at radius 1 is 1.07 bits per heavy atom. The zero-order valence-electron chi connectivity index (χ0n) is 17.3. The summed E-state index contributed by atoms with van der Waals surface area (Å²) in [5, 5.41) is 4.34. The fraction of sp³-hybridized carbons (Fsp3) is 0.400. The molecule has 3 aromatic rings. The SMILES string of the molecule is O=C(Nc1cccc(-c2cc3ccccc3[nH]2)c1)C1CCN(CC2CCOC2)CC1. The maximum atomic E-state index is 12.8. The van der Waals surface area contributed by atoms with Crippen LogP contribution in [0.25, 0.3) is 22.2 Å². The van der Waals surface area contributed by atoms with Gasteiger partial charge in [-0.2, -0.15) is 0 Å². The number of rotatable bonds is 5. The van der Waals surface area contributed by atoms with Gasteiger partial charge >= 0.3 is 0 Å². The third-order valence-electron chi connectivity index (χ3n) is 6.47. The van der Waals surface area contributed by atoms with E-state index in [1.54, 1.807) is 0 Å². The van der Waals surface area contributed by atoms with E-state index >= 15 is 0 Å². The zero-order valence-corrected chi connectivity index (χ0v) is 17.3. The van der Waals surface area contributed by atoms with Gasteiger partial charge in [-0.1, -0.05) is 30.3 Å². The number of likely N-dealkylation sites (tertiary alicyclic amines) is 1. The number of piperidine rings is 1. The van der Waals surface area contributed by atoms with Gasteiger partial charge in [0.1, 0.15) is 0 Å². The number of H-pyrrole nitrogens is 1. The third-order valence-corrected chi connectivity index (χ3v) is 6.47. The van der Waals surface area contributed by atoms with Gasteiger partial charge in [-0.3, -0.25) is 4.79 Å². The van der Waals surface area contributed by atoms with Crippen molar-refractivity contribution in [2.24, 2.45) is 11.8 Å². The van der Waals surface area contributed by atoms with E-state index in [9.17, 15) is 4.79 Å². The number of fused-ring (bicyclic) bond motifs is 1. The lowest BCUT2D eigenvalue weighted by Gasteiger charge is -2.32.